The number of carbonyl (C=O) groups is 2. The molecule has 0 saturated heterocycles. The van der Waals surface area contributed by atoms with Gasteiger partial charge >= 0.3 is 5.97 Å². The van der Waals surface area contributed by atoms with Crippen molar-refractivity contribution in [3.63, 3.8) is 0 Å². The molecule has 0 bridgehead atoms. The van der Waals surface area contributed by atoms with Gasteiger partial charge in [-0.25, -0.2) is 4.79 Å². The second-order valence-corrected chi connectivity index (χ2v) is 8.92. The van der Waals surface area contributed by atoms with Crippen LogP contribution in [0.3, 0.4) is 0 Å². The summed E-state index contributed by atoms with van der Waals surface area (Å²) >= 11 is 4.22. The zero-order valence-corrected chi connectivity index (χ0v) is 20.1. The number of amides is 1. The van der Waals surface area contributed by atoms with Crippen LogP contribution in [0.5, 0.6) is 0 Å². The summed E-state index contributed by atoms with van der Waals surface area (Å²) in [5, 5.41) is 6.26. The third kappa shape index (κ3) is 11.2. The summed E-state index contributed by atoms with van der Waals surface area (Å²) in [6, 6.07) is -0.632. The lowest BCUT2D eigenvalue weighted by Crippen LogP contribution is -2.51. The Morgan fingerprint density at radius 1 is 1.14 bits per heavy atom. The number of nitrogens with one attached hydrogen (secondary N) is 2. The van der Waals surface area contributed by atoms with Crippen molar-refractivity contribution in [1.82, 2.24) is 10.6 Å². The van der Waals surface area contributed by atoms with Crippen LogP contribution in [-0.2, 0) is 19.1 Å². The van der Waals surface area contributed by atoms with Crippen molar-refractivity contribution in [3.8, 4) is 0 Å². The average Bonchev–Trinajstić information content (AvgIpc) is 2.67. The molecule has 0 aromatic heterocycles. The van der Waals surface area contributed by atoms with E-state index >= 15 is 0 Å². The SMILES string of the molecule is CC[C@H](C)[C@@H](CO[C@H](C(=O)N[C@@H](CC(C)C)C(=O)OC)C(C)C)NC[C@@H](N)CS. The van der Waals surface area contributed by atoms with E-state index < -0.39 is 18.1 Å². The highest BCUT2D eigenvalue weighted by atomic mass is 32.1. The Hall–Kier alpha value is -0.830. The van der Waals surface area contributed by atoms with Crippen molar-refractivity contribution < 1.29 is 19.1 Å². The second kappa shape index (κ2) is 15.0. The minimum atomic E-state index is -0.672. The predicted octanol–water partition coefficient (Wildman–Crippen LogP) is 1.99. The highest BCUT2D eigenvalue weighted by molar-refractivity contribution is 7.80. The van der Waals surface area contributed by atoms with Gasteiger partial charge in [0.05, 0.1) is 13.7 Å². The van der Waals surface area contributed by atoms with Crippen molar-refractivity contribution in [1.29, 1.82) is 0 Å². The molecule has 1 amide bonds. The topological polar surface area (TPSA) is 103 Å². The molecule has 0 heterocycles. The lowest BCUT2D eigenvalue weighted by molar-refractivity contribution is -0.148. The number of hydrogen-bond acceptors (Lipinski definition) is 7. The third-order valence-corrected chi connectivity index (χ3v) is 5.51. The summed E-state index contributed by atoms with van der Waals surface area (Å²) in [4.78, 5) is 24.9. The smallest absolute Gasteiger partial charge is 0.328 e. The lowest BCUT2D eigenvalue weighted by Gasteiger charge is -2.29. The number of esters is 1. The summed E-state index contributed by atoms with van der Waals surface area (Å²) in [5.41, 5.74) is 5.96. The van der Waals surface area contributed by atoms with Crippen LogP contribution in [-0.4, -0.2) is 62.1 Å². The molecule has 0 unspecified atom stereocenters. The highest BCUT2D eigenvalue weighted by Crippen LogP contribution is 2.14. The van der Waals surface area contributed by atoms with E-state index in [-0.39, 0.29) is 29.8 Å². The van der Waals surface area contributed by atoms with Crippen molar-refractivity contribution in [2.24, 2.45) is 23.5 Å². The van der Waals surface area contributed by atoms with Gasteiger partial charge in [-0.3, -0.25) is 4.79 Å². The highest BCUT2D eigenvalue weighted by Gasteiger charge is 2.30. The van der Waals surface area contributed by atoms with Gasteiger partial charge in [-0.15, -0.1) is 0 Å². The third-order valence-electron chi connectivity index (χ3n) is 5.04. The molecule has 5 atom stereocenters. The maximum atomic E-state index is 12.9. The number of thiol groups is 1. The van der Waals surface area contributed by atoms with E-state index in [9.17, 15) is 9.59 Å². The first kappa shape index (κ1) is 28.2. The Balaban J connectivity index is 5.07. The molecule has 0 spiro atoms. The van der Waals surface area contributed by atoms with Gasteiger partial charge in [-0.1, -0.05) is 48.0 Å². The fraction of sp³-hybridized carbons (Fsp3) is 0.905. The molecule has 0 aromatic carbocycles. The minimum Gasteiger partial charge on any atom is -0.467 e. The Bertz CT molecular complexity index is 477. The van der Waals surface area contributed by atoms with E-state index in [1.165, 1.54) is 7.11 Å². The molecule has 0 fully saturated rings. The number of rotatable bonds is 15. The zero-order chi connectivity index (χ0) is 22.6. The first-order valence-corrected chi connectivity index (χ1v) is 11.3. The molecule has 172 valence electrons. The zero-order valence-electron chi connectivity index (χ0n) is 19.2. The number of methoxy groups -OCH3 is 1. The van der Waals surface area contributed by atoms with Gasteiger partial charge in [0.2, 0.25) is 5.91 Å². The van der Waals surface area contributed by atoms with Crippen molar-refractivity contribution in [2.45, 2.75) is 78.6 Å². The maximum Gasteiger partial charge on any atom is 0.328 e. The van der Waals surface area contributed by atoms with E-state index in [1.54, 1.807) is 0 Å². The predicted molar refractivity (Wildman–Crippen MR) is 121 cm³/mol. The van der Waals surface area contributed by atoms with E-state index in [0.29, 0.717) is 31.2 Å². The summed E-state index contributed by atoms with van der Waals surface area (Å²) in [6.07, 6.45) is 0.845. The molecule has 0 radical (unpaired) electrons. The fourth-order valence-corrected chi connectivity index (χ4v) is 3.07. The lowest BCUT2D eigenvalue weighted by atomic mass is 9.99. The van der Waals surface area contributed by atoms with Gasteiger partial charge in [0.15, 0.2) is 0 Å². The molecule has 0 aliphatic carbocycles. The Morgan fingerprint density at radius 2 is 1.76 bits per heavy atom. The van der Waals surface area contributed by atoms with Gasteiger partial charge in [-0.05, 0) is 24.2 Å². The van der Waals surface area contributed by atoms with Gasteiger partial charge in [0, 0.05) is 24.4 Å². The van der Waals surface area contributed by atoms with Gasteiger partial charge in [0.25, 0.3) is 0 Å². The first-order valence-electron chi connectivity index (χ1n) is 10.7. The number of hydrogen-bond donors (Lipinski definition) is 4. The average molecular weight is 434 g/mol. The minimum absolute atomic E-state index is 0.0362. The molecular formula is C21H43N3O4S. The summed E-state index contributed by atoms with van der Waals surface area (Å²) in [5.74, 6) is 0.447. The van der Waals surface area contributed by atoms with Crippen molar-refractivity contribution in [2.75, 3.05) is 26.0 Å². The van der Waals surface area contributed by atoms with E-state index in [1.807, 2.05) is 27.7 Å². The maximum absolute atomic E-state index is 12.9. The Kier molecular flexibility index (Phi) is 14.6. The standard InChI is InChI=1S/C21H43N3O4S/c1-8-15(6)18(23-10-16(22)12-29)11-28-19(14(4)5)20(25)24-17(9-13(2)3)21(26)27-7/h13-19,23,29H,8-12,22H2,1-7H3,(H,24,25)/t15-,16+,17-,18+,19-/m0/s1. The molecule has 0 aromatic rings. The van der Waals surface area contributed by atoms with Crippen LogP contribution >= 0.6 is 12.6 Å². The van der Waals surface area contributed by atoms with Crippen molar-refractivity contribution >= 4 is 24.5 Å². The summed E-state index contributed by atoms with van der Waals surface area (Å²) in [6.45, 7) is 13.2. The van der Waals surface area contributed by atoms with Gasteiger partial charge < -0.3 is 25.8 Å². The molecule has 29 heavy (non-hydrogen) atoms. The van der Waals surface area contributed by atoms with Crippen LogP contribution in [0.2, 0.25) is 0 Å². The molecule has 0 aliphatic rings. The number of carbonyl (C=O) groups excluding carboxylic acids is 2. The van der Waals surface area contributed by atoms with Crippen LogP contribution in [0, 0.1) is 17.8 Å². The van der Waals surface area contributed by atoms with E-state index in [2.05, 4.69) is 37.1 Å². The van der Waals surface area contributed by atoms with Crippen LogP contribution < -0.4 is 16.4 Å². The first-order chi connectivity index (χ1) is 13.6. The summed E-state index contributed by atoms with van der Waals surface area (Å²) in [7, 11) is 1.33. The monoisotopic (exact) mass is 433 g/mol. The Morgan fingerprint density at radius 3 is 2.21 bits per heavy atom. The number of ether oxygens (including phenoxy) is 2. The quantitative estimate of drug-likeness (QED) is 0.233. The molecule has 8 heteroatoms. The number of nitrogens with two attached hydrogens (primary N) is 1. The van der Waals surface area contributed by atoms with Crippen molar-refractivity contribution in [3.05, 3.63) is 0 Å². The van der Waals surface area contributed by atoms with Crippen LogP contribution in [0.4, 0.5) is 0 Å². The largest absolute Gasteiger partial charge is 0.467 e. The fourth-order valence-electron chi connectivity index (χ4n) is 2.94. The van der Waals surface area contributed by atoms with E-state index in [0.717, 1.165) is 6.42 Å². The van der Waals surface area contributed by atoms with Gasteiger partial charge in [-0.2, -0.15) is 12.6 Å². The van der Waals surface area contributed by atoms with Crippen LogP contribution in [0.1, 0.15) is 54.4 Å². The Labute approximate surface area is 182 Å². The molecule has 0 saturated carbocycles. The molecule has 7 nitrogen and oxygen atoms in total. The van der Waals surface area contributed by atoms with Crippen LogP contribution in [0.15, 0.2) is 0 Å². The molecular weight excluding hydrogens is 390 g/mol. The molecule has 0 aliphatic heterocycles. The second-order valence-electron chi connectivity index (χ2n) is 8.55. The van der Waals surface area contributed by atoms with E-state index in [4.69, 9.17) is 15.2 Å². The van der Waals surface area contributed by atoms with Gasteiger partial charge in [0.1, 0.15) is 12.1 Å². The van der Waals surface area contributed by atoms with Crippen LogP contribution in [0.25, 0.3) is 0 Å². The summed E-state index contributed by atoms with van der Waals surface area (Å²) < 4.78 is 10.9. The molecule has 0 rings (SSSR count). The normalized spacial score (nSPS) is 16.9. The molecule has 4 N–H and O–H groups in total.